The standard InChI is InChI=1S/C22H22ClN5O2/c1-13(2)30-20-11-19-15(9-18(20)23)8-17(22(29)27-19)14(3)26-21-10-16(4-5-25-21)28-7-6-24-12-28/h4-14H,1-3H3,(H,25,26)(H,27,29)/t14-/m0/s1. The summed E-state index contributed by atoms with van der Waals surface area (Å²) < 4.78 is 7.60. The maximum absolute atomic E-state index is 12.7. The second kappa shape index (κ2) is 8.20. The summed E-state index contributed by atoms with van der Waals surface area (Å²) in [5, 5.41) is 4.63. The van der Waals surface area contributed by atoms with Gasteiger partial charge in [0.1, 0.15) is 11.6 Å². The van der Waals surface area contributed by atoms with Gasteiger partial charge in [-0.1, -0.05) is 11.6 Å². The zero-order valence-corrected chi connectivity index (χ0v) is 17.6. The van der Waals surface area contributed by atoms with Crippen LogP contribution in [0.4, 0.5) is 5.82 Å². The highest BCUT2D eigenvalue weighted by Crippen LogP contribution is 2.30. The minimum Gasteiger partial charge on any atom is -0.489 e. The third-order valence-corrected chi connectivity index (χ3v) is 4.96. The molecule has 30 heavy (non-hydrogen) atoms. The summed E-state index contributed by atoms with van der Waals surface area (Å²) in [6.07, 6.45) is 6.99. The van der Waals surface area contributed by atoms with Crippen molar-refractivity contribution in [3.05, 3.63) is 76.2 Å². The summed E-state index contributed by atoms with van der Waals surface area (Å²) >= 11 is 6.36. The van der Waals surface area contributed by atoms with Crippen molar-refractivity contribution in [3.8, 4) is 11.4 Å². The van der Waals surface area contributed by atoms with Gasteiger partial charge in [0, 0.05) is 41.7 Å². The Bertz CT molecular complexity index is 1230. The lowest BCUT2D eigenvalue weighted by Crippen LogP contribution is -2.20. The van der Waals surface area contributed by atoms with Gasteiger partial charge >= 0.3 is 0 Å². The molecule has 1 aromatic carbocycles. The molecule has 2 N–H and O–H groups in total. The normalized spacial score (nSPS) is 12.3. The molecule has 0 aliphatic rings. The third-order valence-electron chi connectivity index (χ3n) is 4.67. The number of anilines is 1. The molecule has 0 unspecified atom stereocenters. The van der Waals surface area contributed by atoms with Crippen molar-refractivity contribution in [2.75, 3.05) is 5.32 Å². The van der Waals surface area contributed by atoms with E-state index in [0.29, 0.717) is 27.7 Å². The van der Waals surface area contributed by atoms with E-state index in [-0.39, 0.29) is 17.7 Å². The lowest BCUT2D eigenvalue weighted by atomic mass is 10.1. The highest BCUT2D eigenvalue weighted by Gasteiger charge is 2.14. The Balaban J connectivity index is 1.63. The number of aromatic amines is 1. The monoisotopic (exact) mass is 423 g/mol. The SMILES string of the molecule is CC(C)Oc1cc2[nH]c(=O)c([C@H](C)Nc3cc(-n4ccnc4)ccn3)cc2cc1Cl. The quantitative estimate of drug-likeness (QED) is 0.468. The first-order valence-corrected chi connectivity index (χ1v) is 10.0. The van der Waals surface area contributed by atoms with Crippen LogP contribution in [0.1, 0.15) is 32.4 Å². The Morgan fingerprint density at radius 1 is 1.17 bits per heavy atom. The van der Waals surface area contributed by atoms with Gasteiger partial charge in [0.15, 0.2) is 0 Å². The predicted molar refractivity (Wildman–Crippen MR) is 119 cm³/mol. The van der Waals surface area contributed by atoms with Crippen molar-refractivity contribution in [2.24, 2.45) is 0 Å². The summed E-state index contributed by atoms with van der Waals surface area (Å²) in [6.45, 7) is 5.77. The van der Waals surface area contributed by atoms with E-state index in [1.807, 2.05) is 49.7 Å². The minimum absolute atomic E-state index is 0.0132. The van der Waals surface area contributed by atoms with E-state index in [4.69, 9.17) is 16.3 Å². The fourth-order valence-electron chi connectivity index (χ4n) is 3.26. The van der Waals surface area contributed by atoms with Gasteiger partial charge in [0.25, 0.3) is 5.56 Å². The predicted octanol–water partition coefficient (Wildman–Crippen LogP) is 4.72. The maximum atomic E-state index is 12.7. The van der Waals surface area contributed by atoms with Crippen LogP contribution in [0.2, 0.25) is 5.02 Å². The molecule has 0 aliphatic heterocycles. The fraction of sp³-hybridized carbons (Fsp3) is 0.227. The summed E-state index contributed by atoms with van der Waals surface area (Å²) in [7, 11) is 0. The van der Waals surface area contributed by atoms with Crippen LogP contribution in [0.5, 0.6) is 5.75 Å². The molecule has 0 saturated carbocycles. The summed E-state index contributed by atoms with van der Waals surface area (Å²) in [5.74, 6) is 1.21. The largest absolute Gasteiger partial charge is 0.489 e. The molecule has 8 heteroatoms. The zero-order chi connectivity index (χ0) is 21.3. The smallest absolute Gasteiger partial charge is 0.253 e. The van der Waals surface area contributed by atoms with Crippen molar-refractivity contribution in [1.29, 1.82) is 0 Å². The van der Waals surface area contributed by atoms with Crippen LogP contribution in [0.15, 0.2) is 60.0 Å². The molecule has 0 fully saturated rings. The topological polar surface area (TPSA) is 84.8 Å². The van der Waals surface area contributed by atoms with Crippen molar-refractivity contribution in [2.45, 2.75) is 32.9 Å². The van der Waals surface area contributed by atoms with Gasteiger partial charge in [-0.25, -0.2) is 9.97 Å². The molecule has 3 heterocycles. The fourth-order valence-corrected chi connectivity index (χ4v) is 3.48. The minimum atomic E-state index is -0.269. The first kappa shape index (κ1) is 20.0. The van der Waals surface area contributed by atoms with Gasteiger partial charge in [0.2, 0.25) is 0 Å². The van der Waals surface area contributed by atoms with Crippen LogP contribution in [-0.4, -0.2) is 25.6 Å². The lowest BCUT2D eigenvalue weighted by Gasteiger charge is -2.16. The van der Waals surface area contributed by atoms with Gasteiger partial charge in [0.05, 0.1) is 34.7 Å². The Labute approximate surface area is 178 Å². The molecule has 0 aliphatic carbocycles. The number of ether oxygens (including phenoxy) is 1. The second-order valence-electron chi connectivity index (χ2n) is 7.33. The summed E-state index contributed by atoms with van der Waals surface area (Å²) in [4.78, 5) is 24.1. The molecular weight excluding hydrogens is 402 g/mol. The average Bonchev–Trinajstić information content (AvgIpc) is 3.23. The van der Waals surface area contributed by atoms with Crippen LogP contribution in [0.3, 0.4) is 0 Å². The van der Waals surface area contributed by atoms with E-state index in [2.05, 4.69) is 20.3 Å². The molecule has 0 radical (unpaired) electrons. The van der Waals surface area contributed by atoms with Crippen LogP contribution in [0, 0.1) is 0 Å². The maximum Gasteiger partial charge on any atom is 0.253 e. The van der Waals surface area contributed by atoms with Crippen molar-refractivity contribution < 1.29 is 4.74 Å². The molecule has 1 atom stereocenters. The highest BCUT2D eigenvalue weighted by molar-refractivity contribution is 6.32. The number of rotatable bonds is 6. The number of H-pyrrole nitrogens is 1. The van der Waals surface area contributed by atoms with Gasteiger partial charge in [-0.15, -0.1) is 0 Å². The van der Waals surface area contributed by atoms with E-state index < -0.39 is 0 Å². The number of imidazole rings is 1. The highest BCUT2D eigenvalue weighted by atomic mass is 35.5. The van der Waals surface area contributed by atoms with E-state index in [9.17, 15) is 4.79 Å². The van der Waals surface area contributed by atoms with E-state index >= 15 is 0 Å². The molecule has 4 aromatic rings. The Kier molecular flexibility index (Phi) is 5.46. The van der Waals surface area contributed by atoms with Crippen LogP contribution < -0.4 is 15.6 Å². The Morgan fingerprint density at radius 3 is 2.73 bits per heavy atom. The van der Waals surface area contributed by atoms with Crippen molar-refractivity contribution in [3.63, 3.8) is 0 Å². The van der Waals surface area contributed by atoms with Crippen LogP contribution in [-0.2, 0) is 0 Å². The molecule has 3 aromatic heterocycles. The molecule has 154 valence electrons. The second-order valence-corrected chi connectivity index (χ2v) is 7.73. The summed E-state index contributed by atoms with van der Waals surface area (Å²) in [6, 6.07) is 8.93. The Morgan fingerprint density at radius 2 is 2.00 bits per heavy atom. The zero-order valence-electron chi connectivity index (χ0n) is 16.9. The number of hydrogen-bond donors (Lipinski definition) is 2. The van der Waals surface area contributed by atoms with Gasteiger partial charge < -0.3 is 19.6 Å². The number of hydrogen-bond acceptors (Lipinski definition) is 5. The first-order valence-electron chi connectivity index (χ1n) is 9.65. The Hall–Kier alpha value is -3.32. The van der Waals surface area contributed by atoms with E-state index in [1.54, 1.807) is 30.9 Å². The molecule has 7 nitrogen and oxygen atoms in total. The molecule has 0 spiro atoms. The number of fused-ring (bicyclic) bond motifs is 1. The number of benzene rings is 1. The van der Waals surface area contributed by atoms with E-state index in [0.717, 1.165) is 11.1 Å². The summed E-state index contributed by atoms with van der Waals surface area (Å²) in [5.41, 5.74) is 2.02. The number of nitrogens with one attached hydrogen (secondary N) is 2. The number of aromatic nitrogens is 4. The number of nitrogens with zero attached hydrogens (tertiary/aromatic N) is 3. The van der Waals surface area contributed by atoms with Gasteiger partial charge in [-0.3, -0.25) is 4.79 Å². The lowest BCUT2D eigenvalue weighted by molar-refractivity contribution is 0.243. The molecule has 0 bridgehead atoms. The number of pyridine rings is 2. The average molecular weight is 424 g/mol. The van der Waals surface area contributed by atoms with Gasteiger partial charge in [-0.2, -0.15) is 0 Å². The van der Waals surface area contributed by atoms with Crippen LogP contribution in [0.25, 0.3) is 16.6 Å². The van der Waals surface area contributed by atoms with Crippen molar-refractivity contribution in [1.82, 2.24) is 19.5 Å². The number of halogens is 1. The molecule has 0 saturated heterocycles. The molecule has 4 rings (SSSR count). The third kappa shape index (κ3) is 4.16. The van der Waals surface area contributed by atoms with Crippen LogP contribution >= 0.6 is 11.6 Å². The molecule has 0 amide bonds. The van der Waals surface area contributed by atoms with Gasteiger partial charge in [-0.05, 0) is 39.0 Å². The molecular formula is C22H22ClN5O2. The first-order chi connectivity index (χ1) is 14.4. The van der Waals surface area contributed by atoms with E-state index in [1.165, 1.54) is 0 Å². The van der Waals surface area contributed by atoms with Crippen molar-refractivity contribution >= 4 is 28.3 Å².